The van der Waals surface area contributed by atoms with Crippen LogP contribution in [0.4, 0.5) is 0 Å². The van der Waals surface area contributed by atoms with Gasteiger partial charge in [-0.05, 0) is 97.7 Å². The van der Waals surface area contributed by atoms with Crippen LogP contribution in [-0.2, 0) is 0 Å². The summed E-state index contributed by atoms with van der Waals surface area (Å²) in [6.45, 7) is 9.89. The molecule has 10 atom stereocenters. The molecule has 2 heteroatoms. The number of hydrogen-bond donors (Lipinski definition) is 2. The summed E-state index contributed by atoms with van der Waals surface area (Å²) in [7, 11) is 0. The molecule has 4 fully saturated rings. The molecule has 4 rings (SSSR count). The van der Waals surface area contributed by atoms with Gasteiger partial charge in [0.1, 0.15) is 0 Å². The molecule has 0 heterocycles. The highest BCUT2D eigenvalue weighted by molar-refractivity contribution is 5.11. The molecule has 0 aromatic carbocycles. The van der Waals surface area contributed by atoms with E-state index < -0.39 is 0 Å². The minimum absolute atomic E-state index is 0.128. The van der Waals surface area contributed by atoms with Gasteiger partial charge in [-0.1, -0.05) is 34.1 Å². The molecule has 0 aromatic rings. The number of fused-ring (bicyclic) bond motifs is 5. The Labute approximate surface area is 154 Å². The Bertz CT molecular complexity index is 504. The number of rotatable bonds is 2. The van der Waals surface area contributed by atoms with Crippen LogP contribution < -0.4 is 0 Å². The number of hydrogen-bond acceptors (Lipinski definition) is 2. The first-order chi connectivity index (χ1) is 11.8. The van der Waals surface area contributed by atoms with Crippen molar-refractivity contribution in [1.82, 2.24) is 0 Å². The van der Waals surface area contributed by atoms with E-state index in [1.807, 2.05) is 0 Å². The van der Waals surface area contributed by atoms with E-state index in [2.05, 4.69) is 27.7 Å². The van der Waals surface area contributed by atoms with Crippen molar-refractivity contribution < 1.29 is 10.2 Å². The van der Waals surface area contributed by atoms with Crippen molar-refractivity contribution in [1.29, 1.82) is 0 Å². The molecule has 2 nitrogen and oxygen atoms in total. The van der Waals surface area contributed by atoms with Crippen LogP contribution in [0.2, 0.25) is 0 Å². The molecule has 2 N–H and O–H groups in total. The monoisotopic (exact) mass is 348 g/mol. The molecule has 0 amide bonds. The smallest absolute Gasteiger partial charge is 0.0577 e. The Kier molecular flexibility index (Phi) is 4.56. The van der Waals surface area contributed by atoms with Crippen LogP contribution in [0.3, 0.4) is 0 Å². The van der Waals surface area contributed by atoms with E-state index >= 15 is 0 Å². The van der Waals surface area contributed by atoms with E-state index in [1.54, 1.807) is 0 Å². The van der Waals surface area contributed by atoms with Gasteiger partial charge in [-0.2, -0.15) is 0 Å². The Morgan fingerprint density at radius 2 is 1.60 bits per heavy atom. The van der Waals surface area contributed by atoms with Gasteiger partial charge in [0, 0.05) is 0 Å². The molecule has 9 unspecified atom stereocenters. The molecule has 25 heavy (non-hydrogen) atoms. The standard InChI is InChI=1S/C23H40O2/c1-5-14(2)17-6-7-18-21-19(9-11-23(17,18)4)22(3)10-8-16(24)12-15(22)13-20(21)25/h14-21,24-25H,5-13H2,1-4H3/t14?,15?,16-,17?,18?,19?,20?,21?,22?,23?/m1/s1. The van der Waals surface area contributed by atoms with E-state index in [1.165, 1.54) is 38.5 Å². The molecule has 4 aliphatic rings. The molecule has 4 aliphatic carbocycles. The average molecular weight is 349 g/mol. The quantitative estimate of drug-likeness (QED) is 0.735. The van der Waals surface area contributed by atoms with Gasteiger partial charge >= 0.3 is 0 Å². The summed E-state index contributed by atoms with van der Waals surface area (Å²) in [5.74, 6) is 4.13. The predicted molar refractivity (Wildman–Crippen MR) is 102 cm³/mol. The fourth-order valence-corrected chi connectivity index (χ4v) is 8.46. The molecule has 0 radical (unpaired) electrons. The van der Waals surface area contributed by atoms with Gasteiger partial charge in [-0.3, -0.25) is 0 Å². The molecule has 0 spiro atoms. The number of aliphatic hydroxyl groups excluding tert-OH is 2. The van der Waals surface area contributed by atoms with Crippen LogP contribution in [0, 0.1) is 46.3 Å². The van der Waals surface area contributed by atoms with Crippen LogP contribution in [0.5, 0.6) is 0 Å². The largest absolute Gasteiger partial charge is 0.393 e. The summed E-state index contributed by atoms with van der Waals surface area (Å²) in [5, 5.41) is 21.4. The van der Waals surface area contributed by atoms with Crippen molar-refractivity contribution in [3.05, 3.63) is 0 Å². The maximum Gasteiger partial charge on any atom is 0.0577 e. The van der Waals surface area contributed by atoms with Gasteiger partial charge in [-0.15, -0.1) is 0 Å². The third-order valence-electron chi connectivity index (χ3n) is 10.1. The Hall–Kier alpha value is -0.0800. The van der Waals surface area contributed by atoms with E-state index in [0.29, 0.717) is 28.6 Å². The topological polar surface area (TPSA) is 40.5 Å². The lowest BCUT2D eigenvalue weighted by Gasteiger charge is -2.62. The lowest BCUT2D eigenvalue weighted by Crippen LogP contribution is -2.58. The second-order valence-corrected chi connectivity index (χ2v) is 10.8. The minimum Gasteiger partial charge on any atom is -0.393 e. The first-order valence-electron chi connectivity index (χ1n) is 11.2. The lowest BCUT2D eigenvalue weighted by atomic mass is 9.43. The normalized spacial score (nSPS) is 56.6. The molecular formula is C23H40O2. The molecule has 4 saturated carbocycles. The highest BCUT2D eigenvalue weighted by atomic mass is 16.3. The van der Waals surface area contributed by atoms with E-state index in [0.717, 1.165) is 37.0 Å². The van der Waals surface area contributed by atoms with E-state index in [9.17, 15) is 10.2 Å². The molecule has 0 saturated heterocycles. The summed E-state index contributed by atoms with van der Waals surface area (Å²) >= 11 is 0. The van der Waals surface area contributed by atoms with E-state index in [-0.39, 0.29) is 12.2 Å². The van der Waals surface area contributed by atoms with Crippen molar-refractivity contribution >= 4 is 0 Å². The summed E-state index contributed by atoms with van der Waals surface area (Å²) in [5.41, 5.74) is 0.813. The van der Waals surface area contributed by atoms with Crippen LogP contribution in [0.25, 0.3) is 0 Å². The predicted octanol–water partition coefficient (Wildman–Crippen LogP) is 5.02. The first kappa shape index (κ1) is 18.3. The second kappa shape index (κ2) is 6.23. The fourth-order valence-electron chi connectivity index (χ4n) is 8.46. The van der Waals surface area contributed by atoms with Crippen molar-refractivity contribution in [2.75, 3.05) is 0 Å². The molecular weight excluding hydrogens is 308 g/mol. The van der Waals surface area contributed by atoms with Gasteiger partial charge in [0.2, 0.25) is 0 Å². The maximum absolute atomic E-state index is 11.2. The highest BCUT2D eigenvalue weighted by Crippen LogP contribution is 2.68. The molecule has 144 valence electrons. The zero-order chi connectivity index (χ0) is 18.0. The van der Waals surface area contributed by atoms with Crippen molar-refractivity contribution in [2.45, 2.75) is 97.7 Å². The second-order valence-electron chi connectivity index (χ2n) is 10.8. The van der Waals surface area contributed by atoms with Gasteiger partial charge in [0.05, 0.1) is 12.2 Å². The molecule has 0 aromatic heterocycles. The van der Waals surface area contributed by atoms with Crippen LogP contribution in [0.1, 0.15) is 85.5 Å². The van der Waals surface area contributed by atoms with Crippen LogP contribution >= 0.6 is 0 Å². The van der Waals surface area contributed by atoms with Crippen LogP contribution in [-0.4, -0.2) is 22.4 Å². The minimum atomic E-state index is -0.131. The zero-order valence-corrected chi connectivity index (χ0v) is 16.9. The summed E-state index contributed by atoms with van der Waals surface area (Å²) in [6.07, 6.45) is 10.4. The summed E-state index contributed by atoms with van der Waals surface area (Å²) in [6, 6.07) is 0. The Morgan fingerprint density at radius 3 is 2.32 bits per heavy atom. The van der Waals surface area contributed by atoms with Gasteiger partial charge in [0.25, 0.3) is 0 Å². The number of aliphatic hydroxyl groups is 2. The zero-order valence-electron chi connectivity index (χ0n) is 16.9. The third kappa shape index (κ3) is 2.57. The fraction of sp³-hybridized carbons (Fsp3) is 1.00. The van der Waals surface area contributed by atoms with Gasteiger partial charge in [0.15, 0.2) is 0 Å². The van der Waals surface area contributed by atoms with Crippen LogP contribution in [0.15, 0.2) is 0 Å². The molecule has 0 aliphatic heterocycles. The van der Waals surface area contributed by atoms with Gasteiger partial charge < -0.3 is 10.2 Å². The average Bonchev–Trinajstić information content (AvgIpc) is 2.93. The van der Waals surface area contributed by atoms with Crippen molar-refractivity contribution in [3.63, 3.8) is 0 Å². The highest BCUT2D eigenvalue weighted by Gasteiger charge is 2.62. The summed E-state index contributed by atoms with van der Waals surface area (Å²) in [4.78, 5) is 0. The molecule has 0 bridgehead atoms. The van der Waals surface area contributed by atoms with Gasteiger partial charge in [-0.25, -0.2) is 0 Å². The SMILES string of the molecule is CCC(C)C1CCC2C3C(O)CC4C[C@H](O)CCC4(C)C3CCC12C. The Morgan fingerprint density at radius 1 is 0.920 bits per heavy atom. The van der Waals surface area contributed by atoms with Crippen molar-refractivity contribution in [3.8, 4) is 0 Å². The third-order valence-corrected chi connectivity index (χ3v) is 10.1. The van der Waals surface area contributed by atoms with E-state index in [4.69, 9.17) is 0 Å². The first-order valence-corrected chi connectivity index (χ1v) is 11.2. The summed E-state index contributed by atoms with van der Waals surface area (Å²) < 4.78 is 0. The van der Waals surface area contributed by atoms with Crippen molar-refractivity contribution in [2.24, 2.45) is 46.3 Å². The Balaban J connectivity index is 1.63. The lowest BCUT2D eigenvalue weighted by molar-refractivity contribution is -0.174. The maximum atomic E-state index is 11.2.